The Kier molecular flexibility index (Phi) is 8.70. The molecule has 0 bridgehead atoms. The molecule has 3 N–H and O–H groups in total. The summed E-state index contributed by atoms with van der Waals surface area (Å²) >= 11 is 1.50. The van der Waals surface area contributed by atoms with Crippen LogP contribution in [0.15, 0.2) is 56.3 Å². The van der Waals surface area contributed by atoms with Crippen molar-refractivity contribution in [2.45, 2.75) is 32.2 Å². The van der Waals surface area contributed by atoms with Crippen molar-refractivity contribution in [2.75, 3.05) is 18.6 Å². The van der Waals surface area contributed by atoms with Gasteiger partial charge in [-0.15, -0.1) is 0 Å². The molecule has 0 saturated carbocycles. The van der Waals surface area contributed by atoms with Crippen LogP contribution in [0.5, 0.6) is 0 Å². The number of aliphatic carboxylic acids is 1. The van der Waals surface area contributed by atoms with Gasteiger partial charge in [0.2, 0.25) is 11.8 Å². The minimum absolute atomic E-state index is 0.0600. The molecule has 4 rings (SSSR count). The van der Waals surface area contributed by atoms with E-state index in [0.717, 1.165) is 16.5 Å². The van der Waals surface area contributed by atoms with E-state index in [1.54, 1.807) is 31.4 Å². The number of benzene rings is 2. The predicted octanol–water partition coefficient (Wildman–Crippen LogP) is 4.03. The van der Waals surface area contributed by atoms with Gasteiger partial charge in [0, 0.05) is 28.9 Å². The van der Waals surface area contributed by atoms with E-state index in [2.05, 4.69) is 10.6 Å². The van der Waals surface area contributed by atoms with Crippen LogP contribution in [0.2, 0.25) is 0 Å². The van der Waals surface area contributed by atoms with E-state index in [1.165, 1.54) is 23.9 Å². The van der Waals surface area contributed by atoms with E-state index in [1.807, 2.05) is 12.3 Å². The highest BCUT2D eigenvalue weighted by Gasteiger charge is 2.23. The van der Waals surface area contributed by atoms with E-state index >= 15 is 0 Å². The lowest BCUT2D eigenvalue weighted by Crippen LogP contribution is -2.48. The highest BCUT2D eigenvalue weighted by atomic mass is 32.2. The first-order valence-electron chi connectivity index (χ1n) is 12.2. The SMILES string of the molecule is CSCCC(NC(=O)Cc1c(C)c2cc3c(-c4ccc(F)cc4)coc3cc2oc1=O)C(=O)NCCC(=O)O. The van der Waals surface area contributed by atoms with Gasteiger partial charge in [-0.25, -0.2) is 9.18 Å². The molecule has 204 valence electrons. The zero-order valence-electron chi connectivity index (χ0n) is 21.3. The lowest BCUT2D eigenvalue weighted by molar-refractivity contribution is -0.137. The normalized spacial score (nSPS) is 12.0. The third-order valence-corrected chi connectivity index (χ3v) is 7.02. The maximum absolute atomic E-state index is 13.4. The van der Waals surface area contributed by atoms with Crippen LogP contribution >= 0.6 is 11.8 Å². The number of fused-ring (bicyclic) bond motifs is 2. The summed E-state index contributed by atoms with van der Waals surface area (Å²) in [5.74, 6) is -1.84. The van der Waals surface area contributed by atoms with Crippen molar-refractivity contribution in [3.8, 4) is 11.1 Å². The first-order valence-corrected chi connectivity index (χ1v) is 13.6. The van der Waals surface area contributed by atoms with E-state index in [9.17, 15) is 23.6 Å². The van der Waals surface area contributed by atoms with Crippen molar-refractivity contribution in [1.82, 2.24) is 10.6 Å². The summed E-state index contributed by atoms with van der Waals surface area (Å²) in [6.45, 7) is 1.66. The largest absolute Gasteiger partial charge is 0.481 e. The molecule has 11 heteroatoms. The minimum atomic E-state index is -1.05. The molecular weight excluding hydrogens is 527 g/mol. The van der Waals surface area contributed by atoms with Gasteiger partial charge in [0.1, 0.15) is 23.0 Å². The van der Waals surface area contributed by atoms with E-state index in [4.69, 9.17) is 13.9 Å². The zero-order valence-corrected chi connectivity index (χ0v) is 22.2. The molecule has 1 atom stereocenters. The number of carboxylic acids is 1. The van der Waals surface area contributed by atoms with Crippen LogP contribution in [0.4, 0.5) is 4.39 Å². The van der Waals surface area contributed by atoms with E-state index in [0.29, 0.717) is 34.3 Å². The summed E-state index contributed by atoms with van der Waals surface area (Å²) in [5.41, 5.74) is 2.30. The van der Waals surface area contributed by atoms with Crippen molar-refractivity contribution in [1.29, 1.82) is 0 Å². The highest BCUT2D eigenvalue weighted by molar-refractivity contribution is 7.98. The number of rotatable bonds is 11. The monoisotopic (exact) mass is 554 g/mol. The highest BCUT2D eigenvalue weighted by Crippen LogP contribution is 2.34. The maximum Gasteiger partial charge on any atom is 0.340 e. The molecule has 0 aliphatic rings. The van der Waals surface area contributed by atoms with Gasteiger partial charge in [-0.2, -0.15) is 11.8 Å². The molecule has 0 fully saturated rings. The van der Waals surface area contributed by atoms with Gasteiger partial charge < -0.3 is 24.6 Å². The Morgan fingerprint density at radius 3 is 2.54 bits per heavy atom. The molecule has 2 aromatic heterocycles. The summed E-state index contributed by atoms with van der Waals surface area (Å²) in [7, 11) is 0. The third-order valence-electron chi connectivity index (χ3n) is 6.37. The molecule has 4 aromatic rings. The van der Waals surface area contributed by atoms with Crippen LogP contribution in [0.25, 0.3) is 33.1 Å². The molecule has 2 aromatic carbocycles. The average Bonchev–Trinajstić information content (AvgIpc) is 3.31. The van der Waals surface area contributed by atoms with Crippen molar-refractivity contribution in [3.63, 3.8) is 0 Å². The second-order valence-electron chi connectivity index (χ2n) is 9.01. The van der Waals surface area contributed by atoms with Crippen LogP contribution in [-0.4, -0.2) is 47.5 Å². The van der Waals surface area contributed by atoms with Gasteiger partial charge in [-0.05, 0) is 54.7 Å². The van der Waals surface area contributed by atoms with Crippen LogP contribution in [0.1, 0.15) is 24.0 Å². The van der Waals surface area contributed by atoms with Gasteiger partial charge in [-0.1, -0.05) is 12.1 Å². The fourth-order valence-electron chi connectivity index (χ4n) is 4.29. The second kappa shape index (κ2) is 12.2. The molecule has 0 spiro atoms. The quantitative estimate of drug-likeness (QED) is 0.236. The summed E-state index contributed by atoms with van der Waals surface area (Å²) in [4.78, 5) is 49.1. The standard InChI is InChI=1S/C28H27FN2O7S/c1-15-18-11-20-21(16-3-5-17(29)6-4-16)14-37-23(20)13-24(18)38-28(36)19(15)12-25(32)31-22(8-10-39-2)27(35)30-9-7-26(33)34/h3-6,11,13-14,22H,7-10,12H2,1-2H3,(H,30,35)(H,31,32)(H,33,34). The smallest absolute Gasteiger partial charge is 0.340 e. The van der Waals surface area contributed by atoms with Crippen LogP contribution in [0.3, 0.4) is 0 Å². The van der Waals surface area contributed by atoms with Crippen LogP contribution in [0, 0.1) is 12.7 Å². The topological polar surface area (TPSA) is 139 Å². The van der Waals surface area contributed by atoms with Crippen molar-refractivity contribution < 1.29 is 32.7 Å². The number of carbonyl (C=O) groups excluding carboxylic acids is 2. The zero-order chi connectivity index (χ0) is 28.1. The first-order chi connectivity index (χ1) is 18.7. The van der Waals surface area contributed by atoms with Crippen LogP contribution in [-0.2, 0) is 20.8 Å². The molecule has 0 saturated heterocycles. The molecule has 9 nitrogen and oxygen atoms in total. The van der Waals surface area contributed by atoms with Crippen molar-refractivity contribution in [3.05, 3.63) is 70.0 Å². The lowest BCUT2D eigenvalue weighted by atomic mass is 9.99. The summed E-state index contributed by atoms with van der Waals surface area (Å²) < 4.78 is 24.6. The molecule has 2 heterocycles. The first kappa shape index (κ1) is 27.9. The predicted molar refractivity (Wildman–Crippen MR) is 146 cm³/mol. The number of amides is 2. The molecule has 1 unspecified atom stereocenters. The molecule has 39 heavy (non-hydrogen) atoms. The summed E-state index contributed by atoms with van der Waals surface area (Å²) in [5, 5.41) is 15.3. The second-order valence-corrected chi connectivity index (χ2v) is 9.99. The van der Waals surface area contributed by atoms with Crippen molar-refractivity contribution in [2.24, 2.45) is 0 Å². The Balaban J connectivity index is 1.60. The number of nitrogens with one attached hydrogen (secondary N) is 2. The number of hydrogen-bond donors (Lipinski definition) is 3. The van der Waals surface area contributed by atoms with Gasteiger partial charge in [0.25, 0.3) is 0 Å². The fraction of sp³-hybridized carbons (Fsp3) is 0.286. The number of carbonyl (C=O) groups is 3. The number of furan rings is 1. The number of hydrogen-bond acceptors (Lipinski definition) is 7. The van der Waals surface area contributed by atoms with Crippen molar-refractivity contribution >= 4 is 51.5 Å². The number of thioether (sulfide) groups is 1. The fourth-order valence-corrected chi connectivity index (χ4v) is 4.77. The Hall–Kier alpha value is -4.12. The number of carboxylic acid groups (broad SMARTS) is 1. The average molecular weight is 555 g/mol. The van der Waals surface area contributed by atoms with Gasteiger partial charge in [-0.3, -0.25) is 14.4 Å². The van der Waals surface area contributed by atoms with E-state index < -0.39 is 29.5 Å². The minimum Gasteiger partial charge on any atom is -0.481 e. The third kappa shape index (κ3) is 6.48. The maximum atomic E-state index is 13.4. The Morgan fingerprint density at radius 2 is 1.85 bits per heavy atom. The molecule has 0 aliphatic carbocycles. The molecular formula is C28H27FN2O7S. The van der Waals surface area contributed by atoms with Gasteiger partial charge in [0.15, 0.2) is 0 Å². The Bertz CT molecular complexity index is 1590. The Labute approximate surface area is 226 Å². The Morgan fingerprint density at radius 1 is 1.10 bits per heavy atom. The molecule has 2 amide bonds. The number of aryl methyl sites for hydroxylation is 1. The summed E-state index contributed by atoms with van der Waals surface area (Å²) in [6.07, 6.45) is 3.20. The summed E-state index contributed by atoms with van der Waals surface area (Å²) in [6, 6.07) is 8.53. The lowest BCUT2D eigenvalue weighted by Gasteiger charge is -2.18. The van der Waals surface area contributed by atoms with Gasteiger partial charge in [0.05, 0.1) is 24.7 Å². The van der Waals surface area contributed by atoms with Gasteiger partial charge >= 0.3 is 11.6 Å². The molecule has 0 aliphatic heterocycles. The number of halogens is 1. The molecule has 0 radical (unpaired) electrons. The van der Waals surface area contributed by atoms with Crippen LogP contribution < -0.4 is 16.3 Å². The van der Waals surface area contributed by atoms with E-state index in [-0.39, 0.29) is 30.8 Å².